The average Bonchev–Trinajstić information content (AvgIpc) is 2.78. The van der Waals surface area contributed by atoms with Crippen molar-refractivity contribution >= 4 is 35.1 Å². The van der Waals surface area contributed by atoms with Crippen LogP contribution in [0, 0.1) is 5.92 Å². The van der Waals surface area contributed by atoms with E-state index in [9.17, 15) is 9.59 Å². The summed E-state index contributed by atoms with van der Waals surface area (Å²) in [7, 11) is 0. The molecule has 5 rings (SSSR count). The zero-order valence-corrected chi connectivity index (χ0v) is 18.5. The Hall–Kier alpha value is -2.28. The fourth-order valence-electron chi connectivity index (χ4n) is 4.79. The van der Waals surface area contributed by atoms with Gasteiger partial charge in [-0.25, -0.2) is 0 Å². The van der Waals surface area contributed by atoms with E-state index < -0.39 is 5.92 Å². The monoisotopic (exact) mass is 453 g/mol. The molecule has 1 amide bonds. The number of ketones is 1. The molecule has 1 fully saturated rings. The van der Waals surface area contributed by atoms with Gasteiger partial charge in [-0.1, -0.05) is 54.1 Å². The van der Waals surface area contributed by atoms with E-state index in [2.05, 4.69) is 28.1 Å². The van der Waals surface area contributed by atoms with Crippen molar-refractivity contribution in [1.29, 1.82) is 0 Å². The number of allylic oxidation sites excluding steroid dienone is 2. The highest BCUT2D eigenvalue weighted by Crippen LogP contribution is 2.44. The average molecular weight is 454 g/mol. The number of carbonyl (C=O) groups excluding carboxylic acids is 2. The molecular formula is C24H24ClN3O2S. The summed E-state index contributed by atoms with van der Waals surface area (Å²) in [6.07, 6.45) is 1.98. The molecule has 1 saturated heterocycles. The molecule has 1 aliphatic carbocycles. The maximum absolute atomic E-state index is 13.3. The summed E-state index contributed by atoms with van der Waals surface area (Å²) in [5.74, 6) is 0.213. The van der Waals surface area contributed by atoms with E-state index in [1.807, 2.05) is 42.5 Å². The number of thioether (sulfide) groups is 1. The lowest BCUT2D eigenvalue weighted by Crippen LogP contribution is -2.67. The number of benzene rings is 2. The first kappa shape index (κ1) is 20.6. The highest BCUT2D eigenvalue weighted by atomic mass is 35.5. The van der Waals surface area contributed by atoms with Gasteiger partial charge in [0.2, 0.25) is 5.91 Å². The second kappa shape index (κ2) is 8.69. The summed E-state index contributed by atoms with van der Waals surface area (Å²) in [4.78, 5) is 26.2. The third kappa shape index (κ3) is 4.12. The summed E-state index contributed by atoms with van der Waals surface area (Å²) in [5, 5.41) is 10.8. The summed E-state index contributed by atoms with van der Waals surface area (Å²) in [6.45, 7) is 0. The number of rotatable bonds is 4. The Morgan fingerprint density at radius 1 is 0.968 bits per heavy atom. The molecule has 0 aromatic heterocycles. The van der Waals surface area contributed by atoms with Crippen LogP contribution in [0.1, 0.15) is 36.3 Å². The van der Waals surface area contributed by atoms with Crippen molar-refractivity contribution in [3.05, 3.63) is 82.0 Å². The maximum atomic E-state index is 13.3. The van der Waals surface area contributed by atoms with Crippen LogP contribution in [0.3, 0.4) is 0 Å². The SMILES string of the molecule is O=C1CCCC2=C1C(c1ccc(Cl)cc1)C1C(=O)NC(SCc3ccccc3)NC1N2. The van der Waals surface area contributed by atoms with Gasteiger partial charge >= 0.3 is 0 Å². The third-order valence-electron chi connectivity index (χ3n) is 6.21. The zero-order chi connectivity index (χ0) is 21.4. The van der Waals surface area contributed by atoms with Gasteiger partial charge in [0.1, 0.15) is 5.50 Å². The number of carbonyl (C=O) groups is 2. The number of hydrogen-bond donors (Lipinski definition) is 3. The summed E-state index contributed by atoms with van der Waals surface area (Å²) in [6, 6.07) is 17.7. The molecule has 31 heavy (non-hydrogen) atoms. The van der Waals surface area contributed by atoms with Crippen LogP contribution in [0.15, 0.2) is 65.9 Å². The second-order valence-electron chi connectivity index (χ2n) is 8.20. The lowest BCUT2D eigenvalue weighted by Gasteiger charge is -2.47. The minimum Gasteiger partial charge on any atom is -0.372 e. The topological polar surface area (TPSA) is 70.2 Å². The fourth-order valence-corrected chi connectivity index (χ4v) is 5.91. The van der Waals surface area contributed by atoms with Gasteiger partial charge in [-0.05, 0) is 36.1 Å². The Morgan fingerprint density at radius 2 is 1.74 bits per heavy atom. The summed E-state index contributed by atoms with van der Waals surface area (Å²) < 4.78 is 0. The lowest BCUT2D eigenvalue weighted by molar-refractivity contribution is -0.130. The van der Waals surface area contributed by atoms with Gasteiger partial charge in [0.05, 0.1) is 12.1 Å². The Morgan fingerprint density at radius 3 is 2.52 bits per heavy atom. The van der Waals surface area contributed by atoms with Crippen LogP contribution in [-0.2, 0) is 15.3 Å². The number of halogens is 1. The quantitative estimate of drug-likeness (QED) is 0.654. The van der Waals surface area contributed by atoms with E-state index in [0.717, 1.165) is 35.4 Å². The molecule has 2 aliphatic heterocycles. The molecule has 2 heterocycles. The van der Waals surface area contributed by atoms with Gasteiger partial charge in [0, 0.05) is 34.4 Å². The van der Waals surface area contributed by atoms with E-state index in [1.165, 1.54) is 5.56 Å². The third-order valence-corrected chi connectivity index (χ3v) is 7.55. The molecule has 2 aromatic rings. The first-order valence-electron chi connectivity index (χ1n) is 10.6. The molecule has 3 aliphatic rings. The van der Waals surface area contributed by atoms with Crippen LogP contribution >= 0.6 is 23.4 Å². The predicted molar refractivity (Wildman–Crippen MR) is 123 cm³/mol. The van der Waals surface area contributed by atoms with Gasteiger partial charge in [-0.2, -0.15) is 0 Å². The molecule has 3 N–H and O–H groups in total. The highest BCUT2D eigenvalue weighted by Gasteiger charge is 2.49. The Balaban J connectivity index is 1.43. The van der Waals surface area contributed by atoms with E-state index in [1.54, 1.807) is 11.8 Å². The number of hydrogen-bond acceptors (Lipinski definition) is 5. The number of nitrogens with one attached hydrogen (secondary N) is 3. The molecule has 7 heteroatoms. The van der Waals surface area contributed by atoms with Gasteiger partial charge < -0.3 is 10.6 Å². The van der Waals surface area contributed by atoms with Gasteiger partial charge in [-0.15, -0.1) is 11.8 Å². The first-order chi connectivity index (χ1) is 15.1. The first-order valence-corrected chi connectivity index (χ1v) is 12.0. The molecule has 4 atom stereocenters. The van der Waals surface area contributed by atoms with Gasteiger partial charge in [0.15, 0.2) is 5.78 Å². The highest BCUT2D eigenvalue weighted by molar-refractivity contribution is 7.99. The van der Waals surface area contributed by atoms with Crippen molar-refractivity contribution in [2.24, 2.45) is 5.92 Å². The van der Waals surface area contributed by atoms with E-state index in [-0.39, 0.29) is 29.3 Å². The van der Waals surface area contributed by atoms with Crippen LogP contribution in [0.2, 0.25) is 5.02 Å². The van der Waals surface area contributed by atoms with Crippen molar-refractivity contribution in [2.75, 3.05) is 0 Å². The molecule has 160 valence electrons. The van der Waals surface area contributed by atoms with Crippen LogP contribution in [-0.4, -0.2) is 23.4 Å². The largest absolute Gasteiger partial charge is 0.372 e. The molecule has 0 spiro atoms. The summed E-state index contributed by atoms with van der Waals surface area (Å²) in [5.41, 5.74) is 3.71. The Kier molecular flexibility index (Phi) is 5.78. The van der Waals surface area contributed by atoms with Crippen LogP contribution in [0.5, 0.6) is 0 Å². The molecule has 0 bridgehead atoms. The maximum Gasteiger partial charge on any atom is 0.229 e. The molecule has 0 saturated carbocycles. The van der Waals surface area contributed by atoms with Crippen LogP contribution in [0.4, 0.5) is 0 Å². The minimum atomic E-state index is -0.407. The van der Waals surface area contributed by atoms with E-state index in [0.29, 0.717) is 11.4 Å². The summed E-state index contributed by atoms with van der Waals surface area (Å²) >= 11 is 7.76. The van der Waals surface area contributed by atoms with Gasteiger partial charge in [-0.3, -0.25) is 14.9 Å². The molecule has 0 radical (unpaired) electrons. The number of Topliss-reactive ketones (excluding diaryl/α,β-unsaturated/α-hetero) is 1. The molecule has 4 unspecified atom stereocenters. The zero-order valence-electron chi connectivity index (χ0n) is 16.9. The predicted octanol–water partition coefficient (Wildman–Crippen LogP) is 3.91. The van der Waals surface area contributed by atoms with Crippen LogP contribution < -0.4 is 16.0 Å². The number of fused-ring (bicyclic) bond motifs is 1. The fraction of sp³-hybridized carbons (Fsp3) is 0.333. The minimum absolute atomic E-state index is 0.0355. The van der Waals surface area contributed by atoms with Gasteiger partial charge in [0.25, 0.3) is 0 Å². The van der Waals surface area contributed by atoms with Crippen molar-refractivity contribution < 1.29 is 9.59 Å². The normalized spacial score (nSPS) is 27.8. The molecule has 5 nitrogen and oxygen atoms in total. The Bertz CT molecular complexity index is 1020. The number of amides is 1. The van der Waals surface area contributed by atoms with Crippen molar-refractivity contribution in [3.63, 3.8) is 0 Å². The Labute approximate surface area is 191 Å². The molecular weight excluding hydrogens is 430 g/mol. The van der Waals surface area contributed by atoms with Crippen molar-refractivity contribution in [3.8, 4) is 0 Å². The van der Waals surface area contributed by atoms with Crippen molar-refractivity contribution in [2.45, 2.75) is 42.6 Å². The van der Waals surface area contributed by atoms with Crippen molar-refractivity contribution in [1.82, 2.24) is 16.0 Å². The lowest BCUT2D eigenvalue weighted by atomic mass is 9.70. The second-order valence-corrected chi connectivity index (χ2v) is 9.73. The smallest absolute Gasteiger partial charge is 0.229 e. The standard InChI is InChI=1S/C24H24ClN3O2S/c25-16-11-9-15(10-12-16)19-20-17(7-4-8-18(20)29)26-22-21(19)23(30)28-24(27-22)31-13-14-5-2-1-3-6-14/h1-3,5-6,9-12,19,21-22,24,26-27H,4,7-8,13H2,(H,28,30). The van der Waals surface area contributed by atoms with E-state index in [4.69, 9.17) is 11.6 Å². The molecule has 2 aromatic carbocycles. The van der Waals surface area contributed by atoms with E-state index >= 15 is 0 Å². The van der Waals surface area contributed by atoms with Crippen LogP contribution in [0.25, 0.3) is 0 Å².